The molecule has 2 aromatic rings. The van der Waals surface area contributed by atoms with E-state index in [0.717, 1.165) is 16.9 Å². The molecule has 2 aromatic carbocycles. The third kappa shape index (κ3) is 4.80. The van der Waals surface area contributed by atoms with E-state index in [9.17, 15) is 19.5 Å². The first-order chi connectivity index (χ1) is 15.0. The minimum atomic E-state index is -1.09. The Kier molecular flexibility index (Phi) is 6.67. The minimum absolute atomic E-state index is 0.0721. The van der Waals surface area contributed by atoms with Crippen molar-refractivity contribution in [3.8, 4) is 0 Å². The molecule has 2 aliphatic rings. The van der Waals surface area contributed by atoms with Gasteiger partial charge in [-0.15, -0.1) is 11.8 Å². The van der Waals surface area contributed by atoms with Gasteiger partial charge in [0.1, 0.15) is 17.1 Å². The molecule has 8 heteroatoms. The average molecular weight is 455 g/mol. The number of carboxylic acids is 1. The van der Waals surface area contributed by atoms with Gasteiger partial charge in [-0.25, -0.2) is 4.79 Å². The van der Waals surface area contributed by atoms with Crippen molar-refractivity contribution < 1.29 is 19.5 Å². The molecule has 0 radical (unpaired) electrons. The summed E-state index contributed by atoms with van der Waals surface area (Å²) < 4.78 is 0. The summed E-state index contributed by atoms with van der Waals surface area (Å²) in [6.45, 7) is 0. The summed E-state index contributed by atoms with van der Waals surface area (Å²) in [5, 5.41) is 12.2. The molecule has 2 heterocycles. The summed E-state index contributed by atoms with van der Waals surface area (Å²) in [6, 6.07) is 18.6. The Bertz CT molecular complexity index is 1010. The molecule has 2 atom stereocenters. The summed E-state index contributed by atoms with van der Waals surface area (Å²) in [6.07, 6.45) is 0.186. The fourth-order valence-corrected chi connectivity index (χ4v) is 6.16. The number of β-lactam (4-membered cyclic amide) rings is 1. The number of fused-ring (bicyclic) bond motifs is 1. The maximum Gasteiger partial charge on any atom is 0.352 e. The molecule has 1 saturated heterocycles. The summed E-state index contributed by atoms with van der Waals surface area (Å²) in [7, 11) is 0. The molecule has 6 nitrogen and oxygen atoms in total. The number of carbonyl (C=O) groups excluding carboxylic acids is 2. The standard InChI is InChI=1S/C23H22N2O4S2/c26-18(11-15-7-3-1-4-8-15)24-19-21(27)25-20(23(28)29)17(14-31-22(19)25)13-30-12-16-9-5-2-6-10-16/h1-10,19,22H,11-14H2,(H,24,26)(H,28,29)/t19-,22-/m1/s1. The lowest BCUT2D eigenvalue weighted by molar-refractivity contribution is -0.150. The average Bonchev–Trinajstić information content (AvgIpc) is 2.78. The van der Waals surface area contributed by atoms with E-state index in [-0.39, 0.29) is 29.3 Å². The SMILES string of the molecule is O=C(Cc1ccccc1)N[C@@H]1C(=O)N2C(C(=O)O)=C(CSCc3ccccc3)CS[C@H]12. The smallest absolute Gasteiger partial charge is 0.352 e. The quantitative estimate of drug-likeness (QED) is 0.597. The summed E-state index contributed by atoms with van der Waals surface area (Å²) >= 11 is 3.14. The molecule has 0 saturated carbocycles. The molecule has 160 valence electrons. The van der Waals surface area contributed by atoms with Gasteiger partial charge >= 0.3 is 5.97 Å². The number of benzene rings is 2. The van der Waals surface area contributed by atoms with Crippen LogP contribution in [0.15, 0.2) is 71.9 Å². The van der Waals surface area contributed by atoms with Crippen LogP contribution < -0.4 is 5.32 Å². The second-order valence-electron chi connectivity index (χ2n) is 7.35. The number of nitrogens with zero attached hydrogens (tertiary/aromatic N) is 1. The van der Waals surface area contributed by atoms with Gasteiger partial charge in [0.05, 0.1) is 6.42 Å². The van der Waals surface area contributed by atoms with Crippen molar-refractivity contribution in [1.29, 1.82) is 0 Å². The molecule has 31 heavy (non-hydrogen) atoms. The van der Waals surface area contributed by atoms with Crippen molar-refractivity contribution in [2.75, 3.05) is 11.5 Å². The van der Waals surface area contributed by atoms with E-state index in [1.165, 1.54) is 22.2 Å². The number of aliphatic carboxylic acids is 1. The number of hydrogen-bond donors (Lipinski definition) is 2. The zero-order valence-electron chi connectivity index (χ0n) is 16.7. The zero-order chi connectivity index (χ0) is 21.8. The highest BCUT2D eigenvalue weighted by molar-refractivity contribution is 8.00. The van der Waals surface area contributed by atoms with Crippen molar-refractivity contribution in [3.63, 3.8) is 0 Å². The van der Waals surface area contributed by atoms with Crippen LogP contribution in [-0.2, 0) is 26.6 Å². The van der Waals surface area contributed by atoms with Crippen LogP contribution in [0.2, 0.25) is 0 Å². The molecule has 2 N–H and O–H groups in total. The van der Waals surface area contributed by atoms with Crippen LogP contribution in [0.4, 0.5) is 0 Å². The molecule has 0 spiro atoms. The highest BCUT2D eigenvalue weighted by atomic mass is 32.2. The normalized spacial score (nSPS) is 20.1. The second kappa shape index (κ2) is 9.62. The largest absolute Gasteiger partial charge is 0.477 e. The van der Waals surface area contributed by atoms with E-state index in [0.29, 0.717) is 11.5 Å². The Morgan fingerprint density at radius 2 is 1.68 bits per heavy atom. The number of thioether (sulfide) groups is 2. The zero-order valence-corrected chi connectivity index (χ0v) is 18.3. The number of carbonyl (C=O) groups is 3. The lowest BCUT2D eigenvalue weighted by atomic mass is 10.0. The Hall–Kier alpha value is -2.71. The second-order valence-corrected chi connectivity index (χ2v) is 9.44. The molecule has 0 aliphatic carbocycles. The summed E-state index contributed by atoms with van der Waals surface area (Å²) in [5.74, 6) is 0.158. The van der Waals surface area contributed by atoms with E-state index < -0.39 is 12.0 Å². The van der Waals surface area contributed by atoms with E-state index in [2.05, 4.69) is 5.32 Å². The highest BCUT2D eigenvalue weighted by Crippen LogP contribution is 2.41. The van der Waals surface area contributed by atoms with Gasteiger partial charge in [0, 0.05) is 17.3 Å². The summed E-state index contributed by atoms with van der Waals surface area (Å²) in [5.41, 5.74) is 2.86. The fourth-order valence-electron chi connectivity index (χ4n) is 3.67. The minimum Gasteiger partial charge on any atom is -0.477 e. The molecular weight excluding hydrogens is 432 g/mol. The molecule has 0 unspecified atom stereocenters. The topological polar surface area (TPSA) is 86.7 Å². The molecule has 2 aliphatic heterocycles. The van der Waals surface area contributed by atoms with Gasteiger partial charge in [-0.2, -0.15) is 11.8 Å². The Morgan fingerprint density at radius 3 is 2.32 bits per heavy atom. The van der Waals surface area contributed by atoms with Crippen LogP contribution in [0.5, 0.6) is 0 Å². The molecular formula is C23H22N2O4S2. The predicted molar refractivity (Wildman–Crippen MR) is 122 cm³/mol. The van der Waals surface area contributed by atoms with Crippen molar-refractivity contribution >= 4 is 41.3 Å². The van der Waals surface area contributed by atoms with Crippen LogP contribution in [0.1, 0.15) is 11.1 Å². The maximum atomic E-state index is 12.7. The Morgan fingerprint density at radius 1 is 1.03 bits per heavy atom. The first-order valence-electron chi connectivity index (χ1n) is 9.89. The van der Waals surface area contributed by atoms with E-state index in [1.807, 2.05) is 60.7 Å². The molecule has 4 rings (SSSR count). The first-order valence-corrected chi connectivity index (χ1v) is 12.1. The number of nitrogens with one attached hydrogen (secondary N) is 1. The summed E-state index contributed by atoms with van der Waals surface area (Å²) in [4.78, 5) is 38.4. The molecule has 1 fully saturated rings. The predicted octanol–water partition coefficient (Wildman–Crippen LogP) is 2.90. The van der Waals surface area contributed by atoms with E-state index in [4.69, 9.17) is 0 Å². The fraction of sp³-hybridized carbons (Fsp3) is 0.261. The van der Waals surface area contributed by atoms with Crippen LogP contribution in [-0.4, -0.2) is 50.7 Å². The van der Waals surface area contributed by atoms with Gasteiger partial charge in [0.25, 0.3) is 5.91 Å². The van der Waals surface area contributed by atoms with Crippen LogP contribution in [0.3, 0.4) is 0 Å². The van der Waals surface area contributed by atoms with Crippen molar-refractivity contribution in [2.24, 2.45) is 0 Å². The van der Waals surface area contributed by atoms with Gasteiger partial charge < -0.3 is 10.4 Å². The van der Waals surface area contributed by atoms with Crippen LogP contribution in [0.25, 0.3) is 0 Å². The van der Waals surface area contributed by atoms with Gasteiger partial charge in [0.15, 0.2) is 0 Å². The van der Waals surface area contributed by atoms with Gasteiger partial charge in [0.2, 0.25) is 5.91 Å². The van der Waals surface area contributed by atoms with Crippen molar-refractivity contribution in [1.82, 2.24) is 10.2 Å². The molecule has 0 aromatic heterocycles. The van der Waals surface area contributed by atoms with Crippen LogP contribution >= 0.6 is 23.5 Å². The Balaban J connectivity index is 1.39. The van der Waals surface area contributed by atoms with Crippen molar-refractivity contribution in [3.05, 3.63) is 83.1 Å². The van der Waals surface area contributed by atoms with E-state index >= 15 is 0 Å². The monoisotopic (exact) mass is 454 g/mol. The maximum absolute atomic E-state index is 12.7. The highest BCUT2D eigenvalue weighted by Gasteiger charge is 2.54. The van der Waals surface area contributed by atoms with E-state index in [1.54, 1.807) is 11.8 Å². The number of hydrogen-bond acceptors (Lipinski definition) is 5. The third-order valence-electron chi connectivity index (χ3n) is 5.16. The lowest BCUT2D eigenvalue weighted by Gasteiger charge is -2.49. The van der Waals surface area contributed by atoms with Gasteiger partial charge in [-0.3, -0.25) is 14.5 Å². The van der Waals surface area contributed by atoms with Gasteiger partial charge in [-0.1, -0.05) is 60.7 Å². The number of carboxylic acid groups (broad SMARTS) is 1. The third-order valence-corrected chi connectivity index (χ3v) is 7.59. The molecule has 0 bridgehead atoms. The Labute approximate surface area is 189 Å². The van der Waals surface area contributed by atoms with Gasteiger partial charge in [-0.05, 0) is 16.7 Å². The number of amides is 2. The van der Waals surface area contributed by atoms with Crippen molar-refractivity contribution in [2.45, 2.75) is 23.6 Å². The molecule has 2 amide bonds. The first kappa shape index (κ1) is 21.5. The lowest BCUT2D eigenvalue weighted by Crippen LogP contribution is -2.70. The number of rotatable bonds is 8. The van der Waals surface area contributed by atoms with Crippen LogP contribution in [0, 0.1) is 0 Å².